The van der Waals surface area contributed by atoms with Crippen molar-refractivity contribution in [1.82, 2.24) is 25.1 Å². The first-order valence-electron chi connectivity index (χ1n) is 9.35. The van der Waals surface area contributed by atoms with E-state index in [4.69, 9.17) is 0 Å². The Hall–Kier alpha value is -1.89. The predicted octanol–water partition coefficient (Wildman–Crippen LogP) is 3.54. The van der Waals surface area contributed by atoms with Crippen LogP contribution in [0.1, 0.15) is 46.5 Å². The summed E-state index contributed by atoms with van der Waals surface area (Å²) in [4.78, 5) is 16.7. The van der Waals surface area contributed by atoms with E-state index in [9.17, 15) is 4.79 Å². The highest BCUT2D eigenvalue weighted by molar-refractivity contribution is 8.00. The quantitative estimate of drug-likeness (QED) is 0.752. The van der Waals surface area contributed by atoms with E-state index in [1.807, 2.05) is 19.1 Å². The van der Waals surface area contributed by atoms with Crippen molar-refractivity contribution in [3.63, 3.8) is 0 Å². The second kappa shape index (κ2) is 8.66. The van der Waals surface area contributed by atoms with Crippen LogP contribution >= 0.6 is 11.8 Å². The Labute approximate surface area is 159 Å². The van der Waals surface area contributed by atoms with Gasteiger partial charge in [-0.3, -0.25) is 9.78 Å². The SMILES string of the molecule is CC(C)Cn1c(SC(C)C(=O)NC2CCCC2)nnc1-c1cccnc1. The molecule has 7 heteroatoms. The summed E-state index contributed by atoms with van der Waals surface area (Å²) in [6.45, 7) is 7.07. The summed E-state index contributed by atoms with van der Waals surface area (Å²) in [5.74, 6) is 1.34. The summed E-state index contributed by atoms with van der Waals surface area (Å²) in [5, 5.41) is 12.5. The third kappa shape index (κ3) is 4.63. The first-order valence-corrected chi connectivity index (χ1v) is 10.2. The zero-order chi connectivity index (χ0) is 18.5. The fraction of sp³-hybridized carbons (Fsp3) is 0.579. The molecule has 0 bridgehead atoms. The zero-order valence-electron chi connectivity index (χ0n) is 15.7. The molecular weight excluding hydrogens is 346 g/mol. The first kappa shape index (κ1) is 18.9. The maximum atomic E-state index is 12.5. The summed E-state index contributed by atoms with van der Waals surface area (Å²) < 4.78 is 2.10. The molecule has 1 aliphatic rings. The molecule has 0 aliphatic heterocycles. The van der Waals surface area contributed by atoms with Crippen molar-refractivity contribution in [2.75, 3.05) is 0 Å². The minimum atomic E-state index is -0.201. The van der Waals surface area contributed by atoms with E-state index < -0.39 is 0 Å². The van der Waals surface area contributed by atoms with Crippen molar-refractivity contribution in [3.8, 4) is 11.4 Å². The second-order valence-corrected chi connectivity index (χ2v) is 8.61. The number of amides is 1. The van der Waals surface area contributed by atoms with Gasteiger partial charge < -0.3 is 9.88 Å². The lowest BCUT2D eigenvalue weighted by molar-refractivity contribution is -0.120. The number of carbonyl (C=O) groups excluding carboxylic acids is 1. The van der Waals surface area contributed by atoms with E-state index in [-0.39, 0.29) is 11.2 Å². The van der Waals surface area contributed by atoms with Gasteiger partial charge in [0.05, 0.1) is 5.25 Å². The number of nitrogens with one attached hydrogen (secondary N) is 1. The minimum Gasteiger partial charge on any atom is -0.352 e. The van der Waals surface area contributed by atoms with Gasteiger partial charge in [0.15, 0.2) is 11.0 Å². The van der Waals surface area contributed by atoms with Gasteiger partial charge in [-0.25, -0.2) is 0 Å². The maximum absolute atomic E-state index is 12.5. The normalized spacial score (nSPS) is 16.2. The van der Waals surface area contributed by atoms with Crippen molar-refractivity contribution >= 4 is 17.7 Å². The van der Waals surface area contributed by atoms with Crippen molar-refractivity contribution in [1.29, 1.82) is 0 Å². The molecule has 0 saturated heterocycles. The van der Waals surface area contributed by atoms with Crippen LogP contribution in [0.25, 0.3) is 11.4 Å². The summed E-state index contributed by atoms with van der Waals surface area (Å²) in [6, 6.07) is 4.22. The molecule has 2 heterocycles. The molecule has 26 heavy (non-hydrogen) atoms. The molecule has 0 radical (unpaired) electrons. The van der Waals surface area contributed by atoms with Crippen LogP contribution < -0.4 is 5.32 Å². The molecule has 1 unspecified atom stereocenters. The monoisotopic (exact) mass is 373 g/mol. The van der Waals surface area contributed by atoms with Crippen LogP contribution in [0.4, 0.5) is 0 Å². The summed E-state index contributed by atoms with van der Waals surface area (Å²) in [6.07, 6.45) is 8.16. The van der Waals surface area contributed by atoms with Gasteiger partial charge in [-0.1, -0.05) is 38.5 Å². The van der Waals surface area contributed by atoms with E-state index >= 15 is 0 Å². The number of rotatable bonds is 7. The predicted molar refractivity (Wildman–Crippen MR) is 104 cm³/mol. The fourth-order valence-corrected chi connectivity index (χ4v) is 4.08. The Morgan fingerprint density at radius 2 is 2.08 bits per heavy atom. The molecule has 3 rings (SSSR count). The third-order valence-corrected chi connectivity index (χ3v) is 5.62. The summed E-state index contributed by atoms with van der Waals surface area (Å²) in [5.41, 5.74) is 0.940. The van der Waals surface area contributed by atoms with Gasteiger partial charge in [0, 0.05) is 30.5 Å². The van der Waals surface area contributed by atoms with Gasteiger partial charge in [0.2, 0.25) is 5.91 Å². The van der Waals surface area contributed by atoms with Gasteiger partial charge in [-0.2, -0.15) is 0 Å². The molecular formula is C19H27N5OS. The molecule has 1 N–H and O–H groups in total. The van der Waals surface area contributed by atoms with Crippen LogP contribution in [-0.2, 0) is 11.3 Å². The lowest BCUT2D eigenvalue weighted by Gasteiger charge is -2.17. The number of pyridine rings is 1. The molecule has 140 valence electrons. The number of carbonyl (C=O) groups is 1. The average molecular weight is 374 g/mol. The highest BCUT2D eigenvalue weighted by Gasteiger charge is 2.24. The summed E-state index contributed by atoms with van der Waals surface area (Å²) in [7, 11) is 0. The molecule has 0 spiro atoms. The fourth-order valence-electron chi connectivity index (χ4n) is 3.21. The van der Waals surface area contributed by atoms with Gasteiger partial charge in [-0.15, -0.1) is 10.2 Å². The van der Waals surface area contributed by atoms with Crippen LogP contribution in [0.2, 0.25) is 0 Å². The number of hydrogen-bond acceptors (Lipinski definition) is 5. The van der Waals surface area contributed by atoms with Crippen molar-refractivity contribution < 1.29 is 4.79 Å². The van der Waals surface area contributed by atoms with Crippen LogP contribution in [-0.4, -0.2) is 36.9 Å². The molecule has 1 saturated carbocycles. The zero-order valence-corrected chi connectivity index (χ0v) is 16.5. The van der Waals surface area contributed by atoms with E-state index in [0.29, 0.717) is 12.0 Å². The largest absolute Gasteiger partial charge is 0.352 e. The molecule has 2 aromatic rings. The highest BCUT2D eigenvalue weighted by atomic mass is 32.2. The third-order valence-electron chi connectivity index (χ3n) is 4.54. The molecule has 6 nitrogen and oxygen atoms in total. The van der Waals surface area contributed by atoms with Crippen LogP contribution in [0.3, 0.4) is 0 Å². The second-order valence-electron chi connectivity index (χ2n) is 7.30. The van der Waals surface area contributed by atoms with Crippen LogP contribution in [0.5, 0.6) is 0 Å². The number of nitrogens with zero attached hydrogens (tertiary/aromatic N) is 4. The molecule has 1 fully saturated rings. The lowest BCUT2D eigenvalue weighted by atomic mass is 10.2. The van der Waals surface area contributed by atoms with Crippen LogP contribution in [0, 0.1) is 5.92 Å². The van der Waals surface area contributed by atoms with Crippen molar-refractivity contribution in [2.24, 2.45) is 5.92 Å². The molecule has 2 aromatic heterocycles. The maximum Gasteiger partial charge on any atom is 0.233 e. The van der Waals surface area contributed by atoms with Gasteiger partial charge in [0.1, 0.15) is 0 Å². The van der Waals surface area contributed by atoms with Gasteiger partial charge >= 0.3 is 0 Å². The molecule has 1 amide bonds. The number of aromatic nitrogens is 4. The highest BCUT2D eigenvalue weighted by Crippen LogP contribution is 2.28. The lowest BCUT2D eigenvalue weighted by Crippen LogP contribution is -2.37. The Bertz CT molecular complexity index is 725. The van der Waals surface area contributed by atoms with Gasteiger partial charge in [-0.05, 0) is 37.8 Å². The smallest absolute Gasteiger partial charge is 0.233 e. The Morgan fingerprint density at radius 3 is 2.73 bits per heavy atom. The first-order chi connectivity index (χ1) is 12.5. The van der Waals surface area contributed by atoms with E-state index in [1.165, 1.54) is 24.6 Å². The van der Waals surface area contributed by atoms with Crippen LogP contribution in [0.15, 0.2) is 29.7 Å². The molecule has 1 atom stereocenters. The Morgan fingerprint density at radius 1 is 1.31 bits per heavy atom. The number of hydrogen-bond donors (Lipinski definition) is 1. The Balaban J connectivity index is 1.76. The van der Waals surface area contributed by atoms with E-state index in [2.05, 4.69) is 38.9 Å². The number of thioether (sulfide) groups is 1. The van der Waals surface area contributed by atoms with Crippen molar-refractivity contribution in [2.45, 2.75) is 69.4 Å². The molecule has 0 aromatic carbocycles. The minimum absolute atomic E-state index is 0.0870. The molecule has 1 aliphatic carbocycles. The topological polar surface area (TPSA) is 72.7 Å². The van der Waals surface area contributed by atoms with Crippen molar-refractivity contribution in [3.05, 3.63) is 24.5 Å². The van der Waals surface area contributed by atoms with E-state index in [1.54, 1.807) is 12.4 Å². The van der Waals surface area contributed by atoms with E-state index in [0.717, 1.165) is 35.9 Å². The van der Waals surface area contributed by atoms with Gasteiger partial charge in [0.25, 0.3) is 0 Å². The Kier molecular flexibility index (Phi) is 6.29. The standard InChI is InChI=1S/C19H27N5OS/c1-13(2)12-24-17(15-7-6-10-20-11-15)22-23-19(24)26-14(3)18(25)21-16-8-4-5-9-16/h6-7,10-11,13-14,16H,4-5,8-9,12H2,1-3H3,(H,21,25). The average Bonchev–Trinajstić information content (AvgIpc) is 3.26. The summed E-state index contributed by atoms with van der Waals surface area (Å²) >= 11 is 1.48.